The Morgan fingerprint density at radius 2 is 1.87 bits per heavy atom. The number of hydrogen-bond donors (Lipinski definition) is 2. The van der Waals surface area contributed by atoms with E-state index < -0.39 is 10.0 Å². The minimum atomic E-state index is -3.73. The molecule has 1 aromatic heterocycles. The Kier molecular flexibility index (Phi) is 6.24. The second-order valence-electron chi connectivity index (χ2n) is 7.74. The van der Waals surface area contributed by atoms with Crippen molar-refractivity contribution in [2.75, 3.05) is 13.1 Å². The first-order valence-corrected chi connectivity index (χ1v) is 12.5. The van der Waals surface area contributed by atoms with Crippen molar-refractivity contribution in [1.29, 1.82) is 0 Å². The fourth-order valence-electron chi connectivity index (χ4n) is 4.07. The minimum Gasteiger partial charge on any atom is -0.348 e. The molecule has 0 aliphatic carbocycles. The van der Waals surface area contributed by atoms with Gasteiger partial charge >= 0.3 is 0 Å². The number of fused-ring (bicyclic) bond motifs is 1. The Hall–Kier alpha value is -2.52. The highest BCUT2D eigenvalue weighted by molar-refractivity contribution is 7.89. The molecule has 1 aliphatic heterocycles. The molecule has 1 aliphatic rings. The zero-order valence-corrected chi connectivity index (χ0v) is 18.8. The molecule has 2 heterocycles. The van der Waals surface area contributed by atoms with E-state index in [1.807, 2.05) is 25.1 Å². The largest absolute Gasteiger partial charge is 0.348 e. The first kappa shape index (κ1) is 21.7. The van der Waals surface area contributed by atoms with Gasteiger partial charge < -0.3 is 5.32 Å². The standard InChI is InChI=1S/C23H25N3O3S2/c1-16(17-7-9-19(10-8-17)31(24,28)29)25-22(27)15-26-13-11-21-20(12-14-30-21)23(26)18-5-3-2-4-6-18/h2-10,12,14,16,23H,11,13,15H2,1H3,(H,25,27)(H2,24,28,29)/t16-,23-/m1/s1. The molecule has 0 bridgehead atoms. The summed E-state index contributed by atoms with van der Waals surface area (Å²) in [6.07, 6.45) is 0.939. The average molecular weight is 456 g/mol. The van der Waals surface area contributed by atoms with Gasteiger partial charge in [0.2, 0.25) is 15.9 Å². The highest BCUT2D eigenvalue weighted by atomic mass is 32.2. The maximum Gasteiger partial charge on any atom is 0.238 e. The number of primary sulfonamides is 1. The van der Waals surface area contributed by atoms with Crippen LogP contribution in [-0.4, -0.2) is 32.3 Å². The Morgan fingerprint density at radius 3 is 2.55 bits per heavy atom. The molecule has 1 amide bonds. The fourth-order valence-corrected chi connectivity index (χ4v) is 5.48. The molecule has 0 unspecified atom stereocenters. The Balaban J connectivity index is 1.47. The van der Waals surface area contributed by atoms with E-state index in [0.29, 0.717) is 0 Å². The fraction of sp³-hybridized carbons (Fsp3) is 0.261. The first-order chi connectivity index (χ1) is 14.8. The third-order valence-corrected chi connectivity index (χ3v) is 7.54. The quantitative estimate of drug-likeness (QED) is 0.597. The number of hydrogen-bond acceptors (Lipinski definition) is 5. The number of thiophene rings is 1. The van der Waals surface area contributed by atoms with Crippen LogP contribution in [0.25, 0.3) is 0 Å². The van der Waals surface area contributed by atoms with Crippen LogP contribution in [0.3, 0.4) is 0 Å². The summed E-state index contributed by atoms with van der Waals surface area (Å²) in [7, 11) is -3.73. The van der Waals surface area contributed by atoms with E-state index in [4.69, 9.17) is 5.14 Å². The van der Waals surface area contributed by atoms with Gasteiger partial charge in [-0.25, -0.2) is 13.6 Å². The number of nitrogens with zero attached hydrogens (tertiary/aromatic N) is 1. The number of rotatable bonds is 6. The van der Waals surface area contributed by atoms with Gasteiger partial charge in [0.25, 0.3) is 0 Å². The van der Waals surface area contributed by atoms with Gasteiger partial charge in [-0.1, -0.05) is 42.5 Å². The monoisotopic (exact) mass is 455 g/mol. The third kappa shape index (κ3) is 4.88. The van der Waals surface area contributed by atoms with Crippen molar-refractivity contribution in [1.82, 2.24) is 10.2 Å². The lowest BCUT2D eigenvalue weighted by molar-refractivity contribution is -0.123. The third-order valence-electron chi connectivity index (χ3n) is 5.61. The number of sulfonamides is 1. The average Bonchev–Trinajstić information content (AvgIpc) is 3.22. The van der Waals surface area contributed by atoms with Crippen LogP contribution >= 0.6 is 11.3 Å². The zero-order chi connectivity index (χ0) is 22.0. The number of carbonyl (C=O) groups is 1. The van der Waals surface area contributed by atoms with Crippen LogP contribution in [0.15, 0.2) is 70.9 Å². The predicted molar refractivity (Wildman–Crippen MR) is 122 cm³/mol. The highest BCUT2D eigenvalue weighted by Crippen LogP contribution is 2.37. The normalized spacial score (nSPS) is 17.7. The number of carbonyl (C=O) groups excluding carboxylic acids is 1. The molecule has 6 nitrogen and oxygen atoms in total. The summed E-state index contributed by atoms with van der Waals surface area (Å²) in [5.74, 6) is -0.0670. The zero-order valence-electron chi connectivity index (χ0n) is 17.2. The minimum absolute atomic E-state index is 0.0559. The molecule has 0 saturated carbocycles. The maximum absolute atomic E-state index is 12.9. The van der Waals surface area contributed by atoms with E-state index in [-0.39, 0.29) is 29.4 Å². The van der Waals surface area contributed by atoms with E-state index in [9.17, 15) is 13.2 Å². The summed E-state index contributed by atoms with van der Waals surface area (Å²) in [4.78, 5) is 16.5. The van der Waals surface area contributed by atoms with E-state index >= 15 is 0 Å². The molecule has 0 spiro atoms. The first-order valence-electron chi connectivity index (χ1n) is 10.1. The molecule has 0 saturated heterocycles. The van der Waals surface area contributed by atoms with Crippen LogP contribution in [-0.2, 0) is 21.2 Å². The molecule has 162 valence electrons. The summed E-state index contributed by atoms with van der Waals surface area (Å²) >= 11 is 1.78. The van der Waals surface area contributed by atoms with Gasteiger partial charge in [-0.2, -0.15) is 0 Å². The topological polar surface area (TPSA) is 92.5 Å². The number of amides is 1. The van der Waals surface area contributed by atoms with Gasteiger partial charge in [0, 0.05) is 11.4 Å². The molecular formula is C23H25N3O3S2. The van der Waals surface area contributed by atoms with E-state index in [2.05, 4.69) is 33.8 Å². The maximum atomic E-state index is 12.9. The van der Waals surface area contributed by atoms with Crippen LogP contribution in [0.5, 0.6) is 0 Å². The van der Waals surface area contributed by atoms with Crippen LogP contribution in [0.1, 0.15) is 40.6 Å². The van der Waals surface area contributed by atoms with Gasteiger partial charge in [-0.15, -0.1) is 11.3 Å². The molecule has 0 fully saturated rings. The van der Waals surface area contributed by atoms with E-state index in [1.54, 1.807) is 23.5 Å². The Labute approximate surface area is 186 Å². The van der Waals surface area contributed by atoms with Crippen LogP contribution in [0.4, 0.5) is 0 Å². The van der Waals surface area contributed by atoms with Crippen LogP contribution < -0.4 is 10.5 Å². The van der Waals surface area contributed by atoms with Crippen molar-refractivity contribution in [3.63, 3.8) is 0 Å². The SMILES string of the molecule is C[C@@H](NC(=O)CN1CCc2sccc2[C@H]1c1ccccc1)c1ccc(S(N)(=O)=O)cc1. The lowest BCUT2D eigenvalue weighted by Gasteiger charge is -2.36. The highest BCUT2D eigenvalue weighted by Gasteiger charge is 2.30. The molecule has 3 aromatic rings. The summed E-state index contributed by atoms with van der Waals surface area (Å²) in [5.41, 5.74) is 3.28. The predicted octanol–water partition coefficient (Wildman–Crippen LogP) is 3.22. The molecule has 3 N–H and O–H groups in total. The lowest BCUT2D eigenvalue weighted by atomic mass is 9.93. The summed E-state index contributed by atoms with van der Waals surface area (Å²) < 4.78 is 22.9. The Morgan fingerprint density at radius 1 is 1.16 bits per heavy atom. The molecule has 4 rings (SSSR count). The lowest BCUT2D eigenvalue weighted by Crippen LogP contribution is -2.43. The summed E-state index contributed by atoms with van der Waals surface area (Å²) in [6.45, 7) is 2.98. The van der Waals surface area contributed by atoms with Crippen molar-refractivity contribution in [3.8, 4) is 0 Å². The van der Waals surface area contributed by atoms with Crippen molar-refractivity contribution in [2.24, 2.45) is 5.14 Å². The van der Waals surface area contributed by atoms with Gasteiger partial charge in [0.05, 0.1) is 23.5 Å². The molecule has 0 radical (unpaired) electrons. The molecule has 2 aromatic carbocycles. The molecular weight excluding hydrogens is 430 g/mol. The molecule has 8 heteroatoms. The van der Waals surface area contributed by atoms with Crippen LogP contribution in [0.2, 0.25) is 0 Å². The second-order valence-corrected chi connectivity index (χ2v) is 10.3. The van der Waals surface area contributed by atoms with E-state index in [0.717, 1.165) is 18.5 Å². The molecule has 31 heavy (non-hydrogen) atoms. The van der Waals surface area contributed by atoms with Gasteiger partial charge in [0.1, 0.15) is 0 Å². The van der Waals surface area contributed by atoms with E-state index in [1.165, 1.54) is 28.1 Å². The van der Waals surface area contributed by atoms with Crippen LogP contribution in [0, 0.1) is 0 Å². The summed E-state index contributed by atoms with van der Waals surface area (Å²) in [5, 5.41) is 10.3. The molecule has 2 atom stereocenters. The Bertz CT molecular complexity index is 1160. The number of benzene rings is 2. The number of nitrogens with two attached hydrogens (primary N) is 1. The summed E-state index contributed by atoms with van der Waals surface area (Å²) in [6, 6.07) is 18.5. The van der Waals surface area contributed by atoms with Crippen molar-refractivity contribution in [2.45, 2.75) is 30.3 Å². The van der Waals surface area contributed by atoms with Crippen molar-refractivity contribution in [3.05, 3.63) is 87.6 Å². The van der Waals surface area contributed by atoms with Gasteiger partial charge in [-0.3, -0.25) is 9.69 Å². The number of nitrogens with one attached hydrogen (secondary N) is 1. The van der Waals surface area contributed by atoms with Crippen molar-refractivity contribution < 1.29 is 13.2 Å². The van der Waals surface area contributed by atoms with Gasteiger partial charge in [0.15, 0.2) is 0 Å². The van der Waals surface area contributed by atoms with Crippen molar-refractivity contribution >= 4 is 27.3 Å². The van der Waals surface area contributed by atoms with Gasteiger partial charge in [-0.05, 0) is 53.6 Å². The second kappa shape index (κ2) is 8.92. The smallest absolute Gasteiger partial charge is 0.238 e.